The molecule has 3 rings (SSSR count). The lowest BCUT2D eigenvalue weighted by Gasteiger charge is -2.30. The van der Waals surface area contributed by atoms with Crippen molar-refractivity contribution in [2.75, 3.05) is 7.05 Å². The topological polar surface area (TPSA) is 84.2 Å². The number of rotatable bonds is 4. The van der Waals surface area contributed by atoms with Crippen molar-refractivity contribution in [2.24, 2.45) is 0 Å². The predicted molar refractivity (Wildman–Crippen MR) is 94.9 cm³/mol. The van der Waals surface area contributed by atoms with E-state index in [4.69, 9.17) is 0 Å². The zero-order valence-electron chi connectivity index (χ0n) is 14.6. The highest BCUT2D eigenvalue weighted by molar-refractivity contribution is 5.92. The molecule has 2 N–H and O–H groups in total. The quantitative estimate of drug-likeness (QED) is 0.892. The first-order valence-corrected chi connectivity index (χ1v) is 8.55. The van der Waals surface area contributed by atoms with Gasteiger partial charge in [-0.3, -0.25) is 14.3 Å². The lowest BCUT2D eigenvalue weighted by molar-refractivity contribution is 0.0953. The largest absolute Gasteiger partial charge is 0.503 e. The molecule has 6 nitrogen and oxygen atoms in total. The van der Waals surface area contributed by atoms with Gasteiger partial charge in [0, 0.05) is 12.5 Å². The fourth-order valence-corrected chi connectivity index (χ4v) is 3.68. The van der Waals surface area contributed by atoms with Crippen molar-refractivity contribution < 1.29 is 9.90 Å². The number of hydrogen-bond acceptors (Lipinski definition) is 4. The summed E-state index contributed by atoms with van der Waals surface area (Å²) in [5, 5.41) is 16.5. The number of aryl methyl sites for hydroxylation is 1. The summed E-state index contributed by atoms with van der Waals surface area (Å²) in [7, 11) is 1.43. The highest BCUT2D eigenvalue weighted by atomic mass is 16.3. The molecule has 0 radical (unpaired) electrons. The molecule has 1 aromatic heterocycles. The van der Waals surface area contributed by atoms with Crippen LogP contribution in [0.4, 0.5) is 0 Å². The van der Waals surface area contributed by atoms with E-state index in [1.807, 2.05) is 0 Å². The van der Waals surface area contributed by atoms with E-state index >= 15 is 0 Å². The molecule has 6 heteroatoms. The van der Waals surface area contributed by atoms with Gasteiger partial charge in [0.05, 0.1) is 12.7 Å². The molecule has 1 saturated carbocycles. The van der Waals surface area contributed by atoms with Crippen LogP contribution >= 0.6 is 0 Å². The summed E-state index contributed by atoms with van der Waals surface area (Å²) in [4.78, 5) is 23.8. The second kappa shape index (κ2) is 6.70. The van der Waals surface area contributed by atoms with Crippen molar-refractivity contribution in [3.8, 4) is 5.75 Å². The van der Waals surface area contributed by atoms with E-state index in [0.717, 1.165) is 25.7 Å². The molecule has 2 aromatic rings. The Kier molecular flexibility index (Phi) is 4.61. The van der Waals surface area contributed by atoms with Crippen LogP contribution in [-0.4, -0.2) is 27.8 Å². The van der Waals surface area contributed by atoms with Crippen molar-refractivity contribution in [1.82, 2.24) is 15.1 Å². The molecule has 0 aliphatic heterocycles. The molecule has 0 bridgehead atoms. The number of nitrogens with one attached hydrogen (secondary N) is 1. The summed E-state index contributed by atoms with van der Waals surface area (Å²) in [5.74, 6) is -1.05. The van der Waals surface area contributed by atoms with E-state index < -0.39 is 17.1 Å². The van der Waals surface area contributed by atoms with Gasteiger partial charge in [-0.25, -0.2) is 0 Å². The van der Waals surface area contributed by atoms with Gasteiger partial charge in [0.1, 0.15) is 0 Å². The molecule has 1 aliphatic rings. The third-order valence-electron chi connectivity index (χ3n) is 5.08. The smallest absolute Gasteiger partial charge is 0.275 e. The van der Waals surface area contributed by atoms with Crippen LogP contribution in [0.5, 0.6) is 5.75 Å². The number of carbonyl (C=O) groups is 1. The van der Waals surface area contributed by atoms with Crippen molar-refractivity contribution >= 4 is 5.91 Å². The average Bonchev–Trinajstić information content (AvgIpc) is 3.07. The monoisotopic (exact) mass is 341 g/mol. The summed E-state index contributed by atoms with van der Waals surface area (Å²) in [5.41, 5.74) is 1.32. The molecule has 1 aliphatic carbocycles. The molecule has 0 spiro atoms. The fraction of sp³-hybridized carbons (Fsp3) is 0.421. The number of aromatic hydroxyl groups is 1. The van der Waals surface area contributed by atoms with Gasteiger partial charge in [0.15, 0.2) is 11.4 Å². The minimum atomic E-state index is -0.744. The van der Waals surface area contributed by atoms with Gasteiger partial charge < -0.3 is 10.4 Å². The maximum absolute atomic E-state index is 12.0. The summed E-state index contributed by atoms with van der Waals surface area (Å²) in [6.45, 7) is 2.58. The lowest BCUT2D eigenvalue weighted by Crippen LogP contribution is -2.33. The Bertz CT molecular complexity index is 834. The number of amides is 1. The molecule has 25 heavy (non-hydrogen) atoms. The molecule has 1 aromatic carbocycles. The summed E-state index contributed by atoms with van der Waals surface area (Å²) in [6.07, 6.45) is 5.60. The van der Waals surface area contributed by atoms with Crippen LogP contribution in [0.15, 0.2) is 35.3 Å². The molecular weight excluding hydrogens is 318 g/mol. The Morgan fingerprint density at radius 3 is 2.52 bits per heavy atom. The summed E-state index contributed by atoms with van der Waals surface area (Å²) >= 11 is 0. The van der Waals surface area contributed by atoms with E-state index in [2.05, 4.69) is 41.6 Å². The molecule has 1 amide bonds. The van der Waals surface area contributed by atoms with Gasteiger partial charge in [0.2, 0.25) is 0 Å². The molecule has 1 heterocycles. The van der Waals surface area contributed by atoms with E-state index in [1.165, 1.54) is 29.1 Å². The Morgan fingerprint density at radius 1 is 1.28 bits per heavy atom. The third kappa shape index (κ3) is 3.29. The zero-order chi connectivity index (χ0) is 18.0. The van der Waals surface area contributed by atoms with Crippen molar-refractivity contribution in [1.29, 1.82) is 0 Å². The van der Waals surface area contributed by atoms with Crippen molar-refractivity contribution in [2.45, 2.75) is 44.6 Å². The first kappa shape index (κ1) is 17.2. The molecular formula is C19H23N3O3. The Labute approximate surface area is 146 Å². The van der Waals surface area contributed by atoms with Crippen molar-refractivity contribution in [3.63, 3.8) is 0 Å². The Hall–Kier alpha value is -2.63. The fourth-order valence-electron chi connectivity index (χ4n) is 3.68. The van der Waals surface area contributed by atoms with Gasteiger partial charge in [-0.05, 0) is 25.3 Å². The van der Waals surface area contributed by atoms with E-state index in [0.29, 0.717) is 6.54 Å². The van der Waals surface area contributed by atoms with Crippen LogP contribution in [0.2, 0.25) is 0 Å². The minimum Gasteiger partial charge on any atom is -0.503 e. The van der Waals surface area contributed by atoms with Crippen LogP contribution in [0, 0.1) is 6.92 Å². The van der Waals surface area contributed by atoms with E-state index in [9.17, 15) is 14.7 Å². The number of aromatic nitrogens is 2. The normalized spacial score (nSPS) is 15.9. The molecule has 0 saturated heterocycles. The minimum absolute atomic E-state index is 0.0951. The standard InChI is InChI=1S/C19H23N3O3/c1-13-5-7-14(8-6-13)19(9-3-4-10-19)12-22-11-15(23)17(24)16(21-22)18(25)20-2/h5-8,11,23H,3-4,9-10,12H2,1-2H3,(H,20,25). The van der Waals surface area contributed by atoms with Crippen molar-refractivity contribution in [3.05, 3.63) is 57.5 Å². The third-order valence-corrected chi connectivity index (χ3v) is 5.08. The SMILES string of the molecule is CNC(=O)c1nn(CC2(c3ccc(C)cc3)CCCC2)cc(O)c1=O. The Balaban J connectivity index is 2.01. The van der Waals surface area contributed by atoms with Crippen LogP contribution in [0.3, 0.4) is 0 Å². The molecule has 1 fully saturated rings. The van der Waals surface area contributed by atoms with Gasteiger partial charge in [-0.2, -0.15) is 5.10 Å². The maximum atomic E-state index is 12.0. The number of carbonyl (C=O) groups excluding carboxylic acids is 1. The number of hydrogen-bond donors (Lipinski definition) is 2. The van der Waals surface area contributed by atoms with Gasteiger partial charge in [-0.1, -0.05) is 42.7 Å². The second-order valence-electron chi connectivity index (χ2n) is 6.82. The second-order valence-corrected chi connectivity index (χ2v) is 6.82. The van der Waals surface area contributed by atoms with Gasteiger partial charge in [0.25, 0.3) is 11.3 Å². The molecule has 132 valence electrons. The maximum Gasteiger partial charge on any atom is 0.275 e. The Morgan fingerprint density at radius 2 is 1.92 bits per heavy atom. The number of nitrogens with zero attached hydrogens (tertiary/aromatic N) is 2. The lowest BCUT2D eigenvalue weighted by atomic mass is 9.78. The van der Waals surface area contributed by atoms with E-state index in [1.54, 1.807) is 0 Å². The first-order chi connectivity index (χ1) is 11.9. The predicted octanol–water partition coefficient (Wildman–Crippen LogP) is 2.13. The van der Waals surface area contributed by atoms with Crippen LogP contribution in [-0.2, 0) is 12.0 Å². The van der Waals surface area contributed by atoms with Crippen LogP contribution in [0.1, 0.15) is 47.3 Å². The van der Waals surface area contributed by atoms with Gasteiger partial charge >= 0.3 is 0 Å². The highest BCUT2D eigenvalue weighted by Crippen LogP contribution is 2.42. The first-order valence-electron chi connectivity index (χ1n) is 8.55. The van der Waals surface area contributed by atoms with Gasteiger partial charge in [-0.15, -0.1) is 0 Å². The zero-order valence-corrected chi connectivity index (χ0v) is 14.6. The average molecular weight is 341 g/mol. The summed E-state index contributed by atoms with van der Waals surface area (Å²) < 4.78 is 1.53. The van der Waals surface area contributed by atoms with Crippen LogP contribution in [0.25, 0.3) is 0 Å². The van der Waals surface area contributed by atoms with E-state index in [-0.39, 0.29) is 11.1 Å². The summed E-state index contributed by atoms with van der Waals surface area (Å²) in [6, 6.07) is 8.48. The highest BCUT2D eigenvalue weighted by Gasteiger charge is 2.36. The molecule has 0 unspecified atom stereocenters. The molecule has 0 atom stereocenters. The van der Waals surface area contributed by atoms with Crippen LogP contribution < -0.4 is 10.7 Å². The number of benzene rings is 1.